The van der Waals surface area contributed by atoms with E-state index in [-0.39, 0.29) is 0 Å². The maximum Gasteiger partial charge on any atom is 0.441 e. The Balaban J connectivity index is 1.80. The normalized spacial score (nSPS) is 10.8. The zero-order valence-corrected chi connectivity index (χ0v) is 14.4. The zero-order chi connectivity index (χ0) is 17.8. The van der Waals surface area contributed by atoms with Gasteiger partial charge in [-0.3, -0.25) is 13.8 Å². The van der Waals surface area contributed by atoms with Crippen LogP contribution in [-0.4, -0.2) is 33.7 Å². The molecule has 0 aliphatic rings. The van der Waals surface area contributed by atoms with Crippen molar-refractivity contribution in [3.63, 3.8) is 0 Å². The van der Waals surface area contributed by atoms with Crippen molar-refractivity contribution >= 4 is 0 Å². The van der Waals surface area contributed by atoms with Gasteiger partial charge in [-0.05, 0) is 36.6 Å². The van der Waals surface area contributed by atoms with E-state index in [2.05, 4.69) is 10.3 Å². The molecule has 1 aromatic carbocycles. The lowest BCUT2D eigenvalue weighted by Gasteiger charge is -2.09. The van der Waals surface area contributed by atoms with Crippen LogP contribution in [0.2, 0.25) is 0 Å². The summed E-state index contributed by atoms with van der Waals surface area (Å²) in [6.45, 7) is 0.501. The van der Waals surface area contributed by atoms with Crippen LogP contribution in [0.3, 0.4) is 0 Å². The van der Waals surface area contributed by atoms with E-state index in [0.29, 0.717) is 23.9 Å². The third-order valence-corrected chi connectivity index (χ3v) is 3.93. The molecule has 8 nitrogen and oxygen atoms in total. The third-order valence-electron chi connectivity index (χ3n) is 3.93. The second-order valence-corrected chi connectivity index (χ2v) is 5.62. The molecule has 0 unspecified atom stereocenters. The van der Waals surface area contributed by atoms with Crippen LogP contribution in [0.4, 0.5) is 0 Å². The Bertz CT molecular complexity index is 910. The minimum absolute atomic E-state index is 0.470. The maximum atomic E-state index is 12.0. The van der Waals surface area contributed by atoms with Gasteiger partial charge in [-0.1, -0.05) is 5.16 Å². The topological polar surface area (TPSA) is 84.3 Å². The molecule has 0 spiro atoms. The highest BCUT2D eigenvalue weighted by molar-refractivity contribution is 5.61. The molecule has 0 bridgehead atoms. The van der Waals surface area contributed by atoms with Crippen LogP contribution in [0.25, 0.3) is 11.4 Å². The summed E-state index contributed by atoms with van der Waals surface area (Å²) in [5, 5.41) is 8.05. The first-order valence-corrected chi connectivity index (χ1v) is 7.89. The van der Waals surface area contributed by atoms with Crippen molar-refractivity contribution in [3.05, 3.63) is 46.7 Å². The fourth-order valence-electron chi connectivity index (χ4n) is 2.69. The standard InChI is InChI=1S/C17H20N4O4/c1-20-11-12(10-18-20)5-4-8-21-16(19-25-17(21)22)13-6-7-14(23-2)15(9-13)24-3/h6-7,9-11H,4-5,8H2,1-3H3. The lowest BCUT2D eigenvalue weighted by Crippen LogP contribution is -2.16. The van der Waals surface area contributed by atoms with E-state index in [9.17, 15) is 4.79 Å². The zero-order valence-electron chi connectivity index (χ0n) is 14.4. The molecule has 0 N–H and O–H groups in total. The Morgan fingerprint density at radius 2 is 2.00 bits per heavy atom. The van der Waals surface area contributed by atoms with E-state index in [4.69, 9.17) is 14.0 Å². The first-order chi connectivity index (χ1) is 12.1. The number of ether oxygens (including phenoxy) is 2. The van der Waals surface area contributed by atoms with Crippen LogP contribution in [0.15, 0.2) is 39.9 Å². The van der Waals surface area contributed by atoms with Gasteiger partial charge in [0.15, 0.2) is 17.3 Å². The quantitative estimate of drug-likeness (QED) is 0.651. The van der Waals surface area contributed by atoms with Crippen molar-refractivity contribution in [2.24, 2.45) is 7.05 Å². The predicted octanol–water partition coefficient (Wildman–Crippen LogP) is 1.89. The number of aromatic nitrogens is 4. The predicted molar refractivity (Wildman–Crippen MR) is 90.8 cm³/mol. The molecule has 132 valence electrons. The van der Waals surface area contributed by atoms with Crippen molar-refractivity contribution in [2.45, 2.75) is 19.4 Å². The van der Waals surface area contributed by atoms with Crippen molar-refractivity contribution in [2.75, 3.05) is 14.2 Å². The molecule has 3 rings (SSSR count). The Labute approximate surface area is 144 Å². The molecule has 3 aromatic rings. The van der Waals surface area contributed by atoms with E-state index in [1.807, 2.05) is 25.5 Å². The van der Waals surface area contributed by atoms with Gasteiger partial charge >= 0.3 is 5.76 Å². The average Bonchev–Trinajstić information content (AvgIpc) is 3.20. The minimum Gasteiger partial charge on any atom is -0.493 e. The number of hydrogen-bond donors (Lipinski definition) is 0. The molecular weight excluding hydrogens is 324 g/mol. The number of methoxy groups -OCH3 is 2. The molecule has 0 amide bonds. The van der Waals surface area contributed by atoms with Crippen molar-refractivity contribution in [1.82, 2.24) is 19.5 Å². The van der Waals surface area contributed by atoms with E-state index in [0.717, 1.165) is 24.0 Å². The van der Waals surface area contributed by atoms with E-state index in [1.165, 1.54) is 4.57 Å². The van der Waals surface area contributed by atoms with Crippen molar-refractivity contribution < 1.29 is 14.0 Å². The monoisotopic (exact) mass is 344 g/mol. The number of hydrogen-bond acceptors (Lipinski definition) is 6. The summed E-state index contributed by atoms with van der Waals surface area (Å²) in [5.41, 5.74) is 1.85. The summed E-state index contributed by atoms with van der Waals surface area (Å²) in [4.78, 5) is 12.0. The van der Waals surface area contributed by atoms with Crippen LogP contribution in [0.1, 0.15) is 12.0 Å². The number of nitrogens with zero attached hydrogens (tertiary/aromatic N) is 4. The van der Waals surface area contributed by atoms with E-state index < -0.39 is 5.76 Å². The van der Waals surface area contributed by atoms with Gasteiger partial charge < -0.3 is 9.47 Å². The molecule has 0 atom stereocenters. The molecular formula is C17H20N4O4. The van der Waals surface area contributed by atoms with Crippen LogP contribution in [0, 0.1) is 0 Å². The highest BCUT2D eigenvalue weighted by Crippen LogP contribution is 2.31. The fourth-order valence-corrected chi connectivity index (χ4v) is 2.69. The number of rotatable bonds is 7. The highest BCUT2D eigenvalue weighted by atomic mass is 16.5. The summed E-state index contributed by atoms with van der Waals surface area (Å²) in [7, 11) is 5.01. The van der Waals surface area contributed by atoms with Gasteiger partial charge in [0.25, 0.3) is 0 Å². The first kappa shape index (κ1) is 16.8. The van der Waals surface area contributed by atoms with Crippen LogP contribution in [0.5, 0.6) is 11.5 Å². The molecule has 25 heavy (non-hydrogen) atoms. The van der Waals surface area contributed by atoms with Crippen molar-refractivity contribution in [3.8, 4) is 22.9 Å². The molecule has 0 radical (unpaired) electrons. The van der Waals surface area contributed by atoms with Crippen LogP contribution in [-0.2, 0) is 20.0 Å². The lowest BCUT2D eigenvalue weighted by molar-refractivity contribution is 0.355. The van der Waals surface area contributed by atoms with Gasteiger partial charge in [-0.25, -0.2) is 4.79 Å². The van der Waals surface area contributed by atoms with E-state index in [1.54, 1.807) is 31.0 Å². The molecule has 0 saturated carbocycles. The Hall–Kier alpha value is -3.03. The van der Waals surface area contributed by atoms with Gasteiger partial charge in [0, 0.05) is 25.4 Å². The number of benzene rings is 1. The summed E-state index contributed by atoms with van der Waals surface area (Å²) >= 11 is 0. The molecule has 2 aromatic heterocycles. The molecule has 0 fully saturated rings. The third kappa shape index (κ3) is 3.57. The summed E-state index contributed by atoms with van der Waals surface area (Å²) in [6, 6.07) is 5.36. The van der Waals surface area contributed by atoms with Gasteiger partial charge in [-0.15, -0.1) is 0 Å². The van der Waals surface area contributed by atoms with Gasteiger partial charge in [-0.2, -0.15) is 5.10 Å². The molecule has 0 aliphatic heterocycles. The van der Waals surface area contributed by atoms with Gasteiger partial charge in [0.05, 0.1) is 20.4 Å². The summed E-state index contributed by atoms with van der Waals surface area (Å²) < 4.78 is 18.7. The molecule has 0 aliphatic carbocycles. The Morgan fingerprint density at radius 3 is 2.68 bits per heavy atom. The van der Waals surface area contributed by atoms with Crippen LogP contribution >= 0.6 is 0 Å². The summed E-state index contributed by atoms with van der Waals surface area (Å²) in [5.74, 6) is 1.17. The maximum absolute atomic E-state index is 12.0. The minimum atomic E-state index is -0.476. The lowest BCUT2D eigenvalue weighted by atomic mass is 10.1. The highest BCUT2D eigenvalue weighted by Gasteiger charge is 2.15. The van der Waals surface area contributed by atoms with Gasteiger partial charge in [0.1, 0.15) is 0 Å². The second-order valence-electron chi connectivity index (χ2n) is 5.62. The van der Waals surface area contributed by atoms with E-state index >= 15 is 0 Å². The molecule has 2 heterocycles. The average molecular weight is 344 g/mol. The summed E-state index contributed by atoms with van der Waals surface area (Å²) in [6.07, 6.45) is 5.38. The SMILES string of the molecule is COc1ccc(-c2noc(=O)n2CCCc2cnn(C)c2)cc1OC. The first-order valence-electron chi connectivity index (χ1n) is 7.89. The fraction of sp³-hybridized carbons (Fsp3) is 0.353. The Morgan fingerprint density at radius 1 is 1.20 bits per heavy atom. The smallest absolute Gasteiger partial charge is 0.441 e. The Kier molecular flexibility index (Phi) is 4.87. The van der Waals surface area contributed by atoms with Gasteiger partial charge in [0.2, 0.25) is 0 Å². The number of aryl methyl sites for hydroxylation is 2. The second kappa shape index (κ2) is 7.25. The largest absolute Gasteiger partial charge is 0.493 e. The van der Waals surface area contributed by atoms with Crippen LogP contribution < -0.4 is 15.2 Å². The van der Waals surface area contributed by atoms with Crippen molar-refractivity contribution in [1.29, 1.82) is 0 Å². The molecule has 0 saturated heterocycles. The molecule has 8 heteroatoms.